The second-order valence-corrected chi connectivity index (χ2v) is 4.75. The minimum atomic E-state index is -4.15. The first-order valence-electron chi connectivity index (χ1n) is 7.19. The van der Waals surface area contributed by atoms with Gasteiger partial charge >= 0.3 is 11.9 Å². The summed E-state index contributed by atoms with van der Waals surface area (Å²) in [4.78, 5) is 11.3. The van der Waals surface area contributed by atoms with Gasteiger partial charge in [0.2, 0.25) is 0 Å². The third-order valence-electron chi connectivity index (χ3n) is 2.87. The summed E-state index contributed by atoms with van der Waals surface area (Å²) in [6.07, 6.45) is -3.06. The fourth-order valence-corrected chi connectivity index (χ4v) is 1.92. The summed E-state index contributed by atoms with van der Waals surface area (Å²) in [7, 11) is 0. The molecule has 3 nitrogen and oxygen atoms in total. The highest BCUT2D eigenvalue weighted by molar-refractivity contribution is 5.75. The summed E-state index contributed by atoms with van der Waals surface area (Å²) in [5.74, 6) is 0. The maximum absolute atomic E-state index is 12.0. The Hall–Kier alpha value is -1.82. The molecule has 0 amide bonds. The lowest BCUT2D eigenvalue weighted by Crippen LogP contribution is -2.38. The molecule has 1 heterocycles. The van der Waals surface area contributed by atoms with E-state index >= 15 is 0 Å². The molecule has 0 radical (unpaired) electrons. The fourth-order valence-electron chi connectivity index (χ4n) is 1.92. The molecule has 0 saturated carbocycles. The summed E-state index contributed by atoms with van der Waals surface area (Å²) >= 11 is 0. The van der Waals surface area contributed by atoms with Crippen LogP contribution in [0.1, 0.15) is 26.7 Å². The van der Waals surface area contributed by atoms with Gasteiger partial charge in [-0.05, 0) is 25.0 Å². The van der Waals surface area contributed by atoms with E-state index in [1.165, 1.54) is 6.07 Å². The lowest BCUT2D eigenvalue weighted by Gasteiger charge is -2.23. The second-order valence-electron chi connectivity index (χ2n) is 4.75. The number of halogens is 3. The minimum Gasteiger partial charge on any atom is -0.423 e. The van der Waals surface area contributed by atoms with E-state index in [0.29, 0.717) is 23.3 Å². The van der Waals surface area contributed by atoms with E-state index in [1.807, 2.05) is 18.2 Å². The van der Waals surface area contributed by atoms with Crippen molar-refractivity contribution < 1.29 is 17.6 Å². The average molecular weight is 315 g/mol. The molecule has 0 unspecified atom stereocenters. The molecule has 0 bridgehead atoms. The van der Waals surface area contributed by atoms with Crippen molar-refractivity contribution in [3.8, 4) is 0 Å². The van der Waals surface area contributed by atoms with Crippen molar-refractivity contribution in [1.82, 2.24) is 4.90 Å². The molecular formula is C16H20F3NO2. The number of hydrogen-bond acceptors (Lipinski definition) is 3. The van der Waals surface area contributed by atoms with E-state index in [2.05, 4.69) is 0 Å². The predicted molar refractivity (Wildman–Crippen MR) is 80.7 cm³/mol. The zero-order valence-corrected chi connectivity index (χ0v) is 12.7. The van der Waals surface area contributed by atoms with Crippen LogP contribution in [0.15, 0.2) is 45.6 Å². The lowest BCUT2D eigenvalue weighted by atomic mass is 10.2. The summed E-state index contributed by atoms with van der Waals surface area (Å²) in [5.41, 5.74) is 0.337. The monoisotopic (exact) mass is 315 g/mol. The molecule has 2 rings (SSSR count). The molecule has 6 heteroatoms. The maximum atomic E-state index is 12.0. The zero-order chi connectivity index (χ0) is 16.6. The first-order chi connectivity index (χ1) is 10.4. The molecule has 0 aliphatic carbocycles. The van der Waals surface area contributed by atoms with Gasteiger partial charge in [-0.25, -0.2) is 9.69 Å². The summed E-state index contributed by atoms with van der Waals surface area (Å²) in [6, 6.07) is 10.6. The first kappa shape index (κ1) is 18.2. The van der Waals surface area contributed by atoms with Crippen LogP contribution in [0, 0.1) is 0 Å². The lowest BCUT2D eigenvalue weighted by molar-refractivity contribution is -0.245. The average Bonchev–Trinajstić information content (AvgIpc) is 2.46. The number of hydrogen-bond donors (Lipinski definition) is 0. The van der Waals surface area contributed by atoms with Gasteiger partial charge in [0.15, 0.2) is 0 Å². The maximum Gasteiger partial charge on any atom is 0.459 e. The molecule has 1 aromatic carbocycles. The highest BCUT2D eigenvalue weighted by atomic mass is 19.4. The molecule has 0 fully saturated rings. The predicted octanol–water partition coefficient (Wildman–Crippen LogP) is 4.42. The van der Waals surface area contributed by atoms with E-state index < -0.39 is 6.30 Å². The minimum absolute atomic E-state index is 0.108. The largest absolute Gasteiger partial charge is 0.459 e. The van der Waals surface area contributed by atoms with Gasteiger partial charge in [0.05, 0.1) is 0 Å². The van der Waals surface area contributed by atoms with Gasteiger partial charge in [-0.1, -0.05) is 32.0 Å². The van der Waals surface area contributed by atoms with E-state index in [9.17, 15) is 18.0 Å². The van der Waals surface area contributed by atoms with Crippen molar-refractivity contribution in [1.29, 1.82) is 0 Å². The number of para-hydroxylation sites is 1. The molecule has 22 heavy (non-hydrogen) atoms. The van der Waals surface area contributed by atoms with Gasteiger partial charge in [0.1, 0.15) is 5.58 Å². The molecule has 0 saturated heterocycles. The third-order valence-corrected chi connectivity index (χ3v) is 2.87. The Morgan fingerprint density at radius 2 is 1.59 bits per heavy atom. The van der Waals surface area contributed by atoms with Crippen molar-refractivity contribution in [3.63, 3.8) is 0 Å². The van der Waals surface area contributed by atoms with Crippen molar-refractivity contribution in [3.05, 3.63) is 46.8 Å². The van der Waals surface area contributed by atoms with Crippen LogP contribution in [0.4, 0.5) is 13.2 Å². The van der Waals surface area contributed by atoms with Gasteiger partial charge in [0, 0.05) is 24.5 Å². The van der Waals surface area contributed by atoms with E-state index in [4.69, 9.17) is 4.42 Å². The van der Waals surface area contributed by atoms with E-state index in [0.717, 1.165) is 5.39 Å². The smallest absolute Gasteiger partial charge is 0.423 e. The molecule has 0 N–H and O–H groups in total. The Bertz CT molecular complexity index is 616. The number of nitrogens with zero attached hydrogens (tertiary/aromatic N) is 1. The van der Waals surface area contributed by atoms with E-state index in [-0.39, 0.29) is 18.7 Å². The first-order valence-corrected chi connectivity index (χ1v) is 7.19. The fraction of sp³-hybridized carbons (Fsp3) is 0.438. The molecule has 0 aliphatic heterocycles. The van der Waals surface area contributed by atoms with Crippen LogP contribution in [0.25, 0.3) is 11.0 Å². The molecule has 1 aromatic heterocycles. The quantitative estimate of drug-likeness (QED) is 0.618. The number of alkyl halides is 3. The van der Waals surface area contributed by atoms with Crippen LogP contribution < -0.4 is 5.63 Å². The highest BCUT2D eigenvalue weighted by Crippen LogP contribution is 2.21. The van der Waals surface area contributed by atoms with Gasteiger partial charge in [-0.2, -0.15) is 13.2 Å². The molecule has 122 valence electrons. The Morgan fingerprint density at radius 3 is 2.14 bits per heavy atom. The van der Waals surface area contributed by atoms with Crippen LogP contribution in [-0.2, 0) is 0 Å². The Morgan fingerprint density at radius 1 is 1.00 bits per heavy atom. The van der Waals surface area contributed by atoms with Crippen LogP contribution in [0.5, 0.6) is 0 Å². The van der Waals surface area contributed by atoms with Gasteiger partial charge < -0.3 is 4.42 Å². The molecular weight excluding hydrogens is 295 g/mol. The number of fused-ring (bicyclic) bond motifs is 1. The van der Waals surface area contributed by atoms with Gasteiger partial charge in [0.25, 0.3) is 0 Å². The summed E-state index contributed by atoms with van der Waals surface area (Å²) in [5, 5.41) is 0.951. The standard InChI is InChI=1S/C9H6O2.C7H14F3N/c10-9-6-5-7-3-1-2-4-8(7)11-9;1-3-5-11(6-4-2)7(8,9)10/h1-6H;3-6H2,1-2H3. The molecule has 0 spiro atoms. The Labute approximate surface area is 127 Å². The third kappa shape index (κ3) is 5.89. The normalized spacial score (nSPS) is 11.4. The molecule has 0 aliphatic rings. The molecule has 2 aromatic rings. The van der Waals surface area contributed by atoms with Crippen molar-refractivity contribution in [2.75, 3.05) is 13.1 Å². The zero-order valence-electron chi connectivity index (χ0n) is 12.7. The van der Waals surface area contributed by atoms with Crippen molar-refractivity contribution in [2.24, 2.45) is 0 Å². The van der Waals surface area contributed by atoms with Gasteiger partial charge in [-0.3, -0.25) is 0 Å². The molecule has 0 atom stereocenters. The van der Waals surface area contributed by atoms with Crippen LogP contribution in [0.2, 0.25) is 0 Å². The van der Waals surface area contributed by atoms with Crippen LogP contribution in [-0.4, -0.2) is 24.3 Å². The number of rotatable bonds is 4. The topological polar surface area (TPSA) is 33.5 Å². The van der Waals surface area contributed by atoms with Crippen LogP contribution >= 0.6 is 0 Å². The van der Waals surface area contributed by atoms with Crippen molar-refractivity contribution >= 4 is 11.0 Å². The van der Waals surface area contributed by atoms with Crippen molar-refractivity contribution in [2.45, 2.75) is 33.0 Å². The summed E-state index contributed by atoms with van der Waals surface area (Å²) < 4.78 is 41.0. The summed E-state index contributed by atoms with van der Waals surface area (Å²) in [6.45, 7) is 3.71. The van der Waals surface area contributed by atoms with Crippen LogP contribution in [0.3, 0.4) is 0 Å². The Balaban J connectivity index is 0.000000220. The SMILES string of the molecule is CCCN(CCC)C(F)(F)F.O=c1ccc2ccccc2o1. The van der Waals surface area contributed by atoms with E-state index in [1.54, 1.807) is 26.0 Å². The Kier molecular flexibility index (Phi) is 7.11. The van der Waals surface area contributed by atoms with Gasteiger partial charge in [-0.15, -0.1) is 0 Å². The number of benzene rings is 1. The highest BCUT2D eigenvalue weighted by Gasteiger charge is 2.35. The second kappa shape index (κ2) is 8.58.